The molecule has 116 valence electrons. The number of nitrogens with two attached hydrogens (primary N) is 1. The van der Waals surface area contributed by atoms with Gasteiger partial charge in [0.05, 0.1) is 5.60 Å². The average Bonchev–Trinajstić information content (AvgIpc) is 2.39. The van der Waals surface area contributed by atoms with Crippen LogP contribution in [0.2, 0.25) is 0 Å². The lowest BCUT2D eigenvalue weighted by Crippen LogP contribution is -2.41. The maximum absolute atomic E-state index is 10.2. The van der Waals surface area contributed by atoms with E-state index in [4.69, 9.17) is 5.73 Å². The van der Waals surface area contributed by atoms with E-state index >= 15 is 0 Å². The van der Waals surface area contributed by atoms with Crippen molar-refractivity contribution in [3.63, 3.8) is 0 Å². The van der Waals surface area contributed by atoms with Crippen LogP contribution in [0, 0.1) is 5.92 Å². The molecule has 0 aromatic heterocycles. The van der Waals surface area contributed by atoms with Crippen molar-refractivity contribution < 1.29 is 5.11 Å². The predicted octanol–water partition coefficient (Wildman–Crippen LogP) is 3.01. The topological polar surface area (TPSA) is 49.5 Å². The molecule has 3 nitrogen and oxygen atoms in total. The van der Waals surface area contributed by atoms with Gasteiger partial charge < -0.3 is 15.7 Å². The van der Waals surface area contributed by atoms with Crippen LogP contribution in [0.25, 0.3) is 0 Å². The van der Waals surface area contributed by atoms with Crippen LogP contribution in [-0.4, -0.2) is 41.3 Å². The maximum Gasteiger partial charge on any atom is 0.0767 e. The molecule has 3 heteroatoms. The molecule has 0 aliphatic rings. The van der Waals surface area contributed by atoms with E-state index in [0.29, 0.717) is 18.5 Å². The van der Waals surface area contributed by atoms with Crippen molar-refractivity contribution in [2.45, 2.75) is 78.4 Å². The van der Waals surface area contributed by atoms with Gasteiger partial charge in [-0.3, -0.25) is 0 Å². The van der Waals surface area contributed by atoms with Gasteiger partial charge in [0.1, 0.15) is 0 Å². The van der Waals surface area contributed by atoms with Crippen molar-refractivity contribution in [3.05, 3.63) is 0 Å². The molecular weight excluding hydrogens is 236 g/mol. The van der Waals surface area contributed by atoms with Crippen LogP contribution < -0.4 is 5.73 Å². The number of hydrogen-bond donors (Lipinski definition) is 2. The molecule has 0 fully saturated rings. The van der Waals surface area contributed by atoms with Crippen LogP contribution in [0.3, 0.4) is 0 Å². The minimum Gasteiger partial charge on any atom is -0.389 e. The van der Waals surface area contributed by atoms with Crippen LogP contribution in [0.15, 0.2) is 0 Å². The van der Waals surface area contributed by atoms with Crippen molar-refractivity contribution in [2.24, 2.45) is 11.7 Å². The second kappa shape index (κ2) is 9.73. The average molecular weight is 272 g/mol. The summed E-state index contributed by atoms with van der Waals surface area (Å²) < 4.78 is 0. The highest BCUT2D eigenvalue weighted by Gasteiger charge is 2.23. The first-order valence-corrected chi connectivity index (χ1v) is 8.08. The van der Waals surface area contributed by atoms with Crippen molar-refractivity contribution in [2.75, 3.05) is 19.6 Å². The summed E-state index contributed by atoms with van der Waals surface area (Å²) in [6.45, 7) is 13.7. The Morgan fingerprint density at radius 3 is 2.11 bits per heavy atom. The van der Waals surface area contributed by atoms with E-state index in [9.17, 15) is 5.11 Å². The summed E-state index contributed by atoms with van der Waals surface area (Å²) in [5.74, 6) is 0.695. The minimum absolute atomic E-state index is 0.374. The second-order valence-electron chi connectivity index (χ2n) is 6.24. The lowest BCUT2D eigenvalue weighted by molar-refractivity contribution is 0.0293. The Morgan fingerprint density at radius 1 is 1.16 bits per heavy atom. The zero-order valence-corrected chi connectivity index (χ0v) is 13.8. The Morgan fingerprint density at radius 2 is 1.74 bits per heavy atom. The lowest BCUT2D eigenvalue weighted by atomic mass is 9.94. The van der Waals surface area contributed by atoms with Gasteiger partial charge in [0, 0.05) is 19.1 Å². The summed E-state index contributed by atoms with van der Waals surface area (Å²) in [6, 6.07) is 0.676. The molecule has 0 amide bonds. The van der Waals surface area contributed by atoms with Crippen LogP contribution in [0.5, 0.6) is 0 Å². The smallest absolute Gasteiger partial charge is 0.0767 e. The van der Waals surface area contributed by atoms with Gasteiger partial charge in [-0.1, -0.05) is 34.6 Å². The summed E-state index contributed by atoms with van der Waals surface area (Å²) in [4.78, 5) is 2.59. The number of aliphatic hydroxyl groups is 1. The molecule has 0 rings (SSSR count). The van der Waals surface area contributed by atoms with Gasteiger partial charge >= 0.3 is 0 Å². The van der Waals surface area contributed by atoms with E-state index in [1.54, 1.807) is 0 Å². The molecule has 0 aliphatic carbocycles. The normalized spacial score (nSPS) is 15.5. The quantitative estimate of drug-likeness (QED) is 0.608. The first-order valence-electron chi connectivity index (χ1n) is 8.08. The van der Waals surface area contributed by atoms with Gasteiger partial charge in [0.15, 0.2) is 0 Å². The van der Waals surface area contributed by atoms with Gasteiger partial charge in [-0.15, -0.1) is 0 Å². The molecule has 0 aromatic rings. The van der Waals surface area contributed by atoms with Gasteiger partial charge in [-0.25, -0.2) is 0 Å². The van der Waals surface area contributed by atoms with Crippen molar-refractivity contribution in [1.82, 2.24) is 4.90 Å². The lowest BCUT2D eigenvalue weighted by Gasteiger charge is -2.33. The summed E-state index contributed by atoms with van der Waals surface area (Å²) >= 11 is 0. The van der Waals surface area contributed by atoms with E-state index < -0.39 is 5.60 Å². The number of nitrogens with zero attached hydrogens (tertiary/aromatic N) is 1. The Hall–Kier alpha value is -0.120. The van der Waals surface area contributed by atoms with Crippen LogP contribution in [-0.2, 0) is 0 Å². The highest BCUT2D eigenvalue weighted by Crippen LogP contribution is 2.18. The molecule has 1 unspecified atom stereocenters. The third-order valence-corrected chi connectivity index (χ3v) is 4.18. The van der Waals surface area contributed by atoms with Gasteiger partial charge in [-0.05, 0) is 44.6 Å². The highest BCUT2D eigenvalue weighted by molar-refractivity contribution is 4.79. The van der Waals surface area contributed by atoms with Gasteiger partial charge in [-0.2, -0.15) is 0 Å². The molecule has 0 bridgehead atoms. The summed E-state index contributed by atoms with van der Waals surface area (Å²) in [6.07, 6.45) is 5.01. The largest absolute Gasteiger partial charge is 0.389 e. The zero-order chi connectivity index (χ0) is 14.9. The maximum atomic E-state index is 10.2. The standard InChI is InChI=1S/C16H36N2O/c1-6-15(7-2)18(12-14(4)5)11-9-10-16(19,8-3)13-17/h14-15,19H,6-13,17H2,1-5H3. The Balaban J connectivity index is 4.33. The van der Waals surface area contributed by atoms with Crippen molar-refractivity contribution >= 4 is 0 Å². The third kappa shape index (κ3) is 7.28. The predicted molar refractivity (Wildman–Crippen MR) is 84.3 cm³/mol. The number of hydrogen-bond acceptors (Lipinski definition) is 3. The molecule has 0 radical (unpaired) electrons. The van der Waals surface area contributed by atoms with E-state index in [2.05, 4.69) is 32.6 Å². The molecule has 1 atom stereocenters. The molecule has 19 heavy (non-hydrogen) atoms. The molecule has 0 aromatic carbocycles. The van der Waals surface area contributed by atoms with E-state index in [0.717, 1.165) is 32.4 Å². The highest BCUT2D eigenvalue weighted by atomic mass is 16.3. The molecule has 3 N–H and O–H groups in total. The van der Waals surface area contributed by atoms with Gasteiger partial charge in [0.25, 0.3) is 0 Å². The molecule has 0 saturated heterocycles. The summed E-state index contributed by atoms with van der Waals surface area (Å²) in [5.41, 5.74) is 5.01. The van der Waals surface area contributed by atoms with E-state index in [-0.39, 0.29) is 0 Å². The minimum atomic E-state index is -0.655. The van der Waals surface area contributed by atoms with Gasteiger partial charge in [0.2, 0.25) is 0 Å². The van der Waals surface area contributed by atoms with Crippen molar-refractivity contribution in [1.29, 1.82) is 0 Å². The number of rotatable bonds is 11. The van der Waals surface area contributed by atoms with Crippen LogP contribution in [0.1, 0.15) is 66.7 Å². The third-order valence-electron chi connectivity index (χ3n) is 4.18. The Labute approximate surface area is 120 Å². The Kier molecular flexibility index (Phi) is 9.67. The van der Waals surface area contributed by atoms with Crippen LogP contribution in [0.4, 0.5) is 0 Å². The molecule has 0 heterocycles. The molecule has 0 saturated carbocycles. The fourth-order valence-corrected chi connectivity index (χ4v) is 2.73. The summed E-state index contributed by atoms with van der Waals surface area (Å²) in [5, 5.41) is 10.2. The fourth-order valence-electron chi connectivity index (χ4n) is 2.73. The first kappa shape index (κ1) is 18.9. The van der Waals surface area contributed by atoms with Crippen LogP contribution >= 0.6 is 0 Å². The Bertz CT molecular complexity index is 211. The summed E-state index contributed by atoms with van der Waals surface area (Å²) in [7, 11) is 0. The molecule has 0 aliphatic heterocycles. The monoisotopic (exact) mass is 272 g/mol. The van der Waals surface area contributed by atoms with E-state index in [1.807, 2.05) is 6.92 Å². The van der Waals surface area contributed by atoms with E-state index in [1.165, 1.54) is 12.8 Å². The first-order chi connectivity index (χ1) is 8.92. The fraction of sp³-hybridized carbons (Fsp3) is 1.00. The molecule has 0 spiro atoms. The SMILES string of the molecule is CCC(CC)N(CCCC(O)(CC)CN)CC(C)C. The zero-order valence-electron chi connectivity index (χ0n) is 13.8. The molecular formula is C16H36N2O. The van der Waals surface area contributed by atoms with Crippen molar-refractivity contribution in [3.8, 4) is 0 Å². The second-order valence-corrected chi connectivity index (χ2v) is 6.24.